The van der Waals surface area contributed by atoms with Crippen molar-refractivity contribution in [1.29, 1.82) is 0 Å². The minimum atomic E-state index is -0.475. The Balaban J connectivity index is 2.34. The molecule has 19 heavy (non-hydrogen) atoms. The molecule has 1 aromatic carbocycles. The van der Waals surface area contributed by atoms with E-state index in [1.54, 1.807) is 19.1 Å². The number of para-hydroxylation sites is 1. The highest BCUT2D eigenvalue weighted by Crippen LogP contribution is 2.25. The van der Waals surface area contributed by atoms with Crippen molar-refractivity contribution in [2.45, 2.75) is 13.8 Å². The Bertz CT molecular complexity index is 672. The molecule has 0 fully saturated rings. The van der Waals surface area contributed by atoms with Gasteiger partial charge in [0, 0.05) is 18.0 Å². The van der Waals surface area contributed by atoms with Crippen LogP contribution in [0.2, 0.25) is 5.02 Å². The largest absolute Gasteiger partial charge is 0.364 e. The summed E-state index contributed by atoms with van der Waals surface area (Å²) in [6.45, 7) is 3.59. The van der Waals surface area contributed by atoms with Crippen molar-refractivity contribution in [3.05, 3.63) is 62.5 Å². The predicted molar refractivity (Wildman–Crippen MR) is 75.9 cm³/mol. The number of nitrogens with one attached hydrogen (secondary N) is 2. The quantitative estimate of drug-likeness (QED) is 0.886. The van der Waals surface area contributed by atoms with E-state index in [0.717, 1.165) is 5.56 Å². The highest BCUT2D eigenvalue weighted by Gasteiger charge is 2.13. The number of amides is 1. The van der Waals surface area contributed by atoms with E-state index in [1.807, 2.05) is 13.0 Å². The number of aromatic amines is 1. The van der Waals surface area contributed by atoms with Crippen molar-refractivity contribution < 1.29 is 4.79 Å². The van der Waals surface area contributed by atoms with Crippen molar-refractivity contribution in [2.75, 3.05) is 5.32 Å². The smallest absolute Gasteiger partial charge is 0.261 e. The van der Waals surface area contributed by atoms with Gasteiger partial charge >= 0.3 is 0 Å². The maximum atomic E-state index is 12.1. The lowest BCUT2D eigenvalue weighted by Crippen LogP contribution is -2.22. The zero-order valence-electron chi connectivity index (χ0n) is 10.6. The van der Waals surface area contributed by atoms with Crippen molar-refractivity contribution >= 4 is 23.2 Å². The van der Waals surface area contributed by atoms with Gasteiger partial charge in [0.1, 0.15) is 5.56 Å². The molecular weight excluding hydrogens is 264 g/mol. The van der Waals surface area contributed by atoms with E-state index in [0.29, 0.717) is 16.4 Å². The van der Waals surface area contributed by atoms with Crippen LogP contribution in [0, 0.1) is 13.8 Å². The first-order chi connectivity index (χ1) is 8.99. The topological polar surface area (TPSA) is 62.0 Å². The number of anilines is 1. The van der Waals surface area contributed by atoms with Crippen LogP contribution in [0.15, 0.2) is 35.3 Å². The van der Waals surface area contributed by atoms with E-state index < -0.39 is 5.91 Å². The highest BCUT2D eigenvalue weighted by atomic mass is 35.5. The molecule has 0 radical (unpaired) electrons. The van der Waals surface area contributed by atoms with Crippen molar-refractivity contribution in [3.63, 3.8) is 0 Å². The van der Waals surface area contributed by atoms with Crippen LogP contribution in [0.1, 0.15) is 21.6 Å². The Morgan fingerprint density at radius 2 is 2.05 bits per heavy atom. The number of hydrogen-bond acceptors (Lipinski definition) is 2. The highest BCUT2D eigenvalue weighted by molar-refractivity contribution is 6.34. The van der Waals surface area contributed by atoms with Crippen molar-refractivity contribution in [2.24, 2.45) is 0 Å². The zero-order chi connectivity index (χ0) is 14.0. The standard InChI is InChI=1S/C14H13ClN2O2/c1-8-4-3-5-11(15)13(8)17-14(19)10-7-16-9(2)6-12(10)18/h3-7H,1-2H3,(H,16,18)(H,17,19). The van der Waals surface area contributed by atoms with Crippen LogP contribution in [0.25, 0.3) is 0 Å². The number of carbonyl (C=O) groups excluding carboxylic acids is 1. The molecule has 0 bridgehead atoms. The summed E-state index contributed by atoms with van der Waals surface area (Å²) >= 11 is 6.03. The van der Waals surface area contributed by atoms with E-state index in [9.17, 15) is 9.59 Å². The Labute approximate surface area is 115 Å². The number of carbonyl (C=O) groups is 1. The number of halogens is 1. The summed E-state index contributed by atoms with van der Waals surface area (Å²) in [5.41, 5.74) is 1.80. The monoisotopic (exact) mass is 276 g/mol. The minimum absolute atomic E-state index is 0.0601. The molecule has 0 unspecified atom stereocenters. The van der Waals surface area contributed by atoms with Gasteiger partial charge in [0.2, 0.25) is 0 Å². The molecule has 0 atom stereocenters. The van der Waals surface area contributed by atoms with Gasteiger partial charge in [-0.15, -0.1) is 0 Å². The third-order valence-corrected chi connectivity index (χ3v) is 3.08. The molecule has 5 heteroatoms. The van der Waals surface area contributed by atoms with E-state index >= 15 is 0 Å². The maximum absolute atomic E-state index is 12.1. The molecule has 2 aromatic rings. The molecule has 0 aliphatic rings. The van der Waals surface area contributed by atoms with E-state index in [-0.39, 0.29) is 11.0 Å². The molecule has 98 valence electrons. The molecule has 1 amide bonds. The summed E-state index contributed by atoms with van der Waals surface area (Å²) in [5, 5.41) is 3.11. The van der Waals surface area contributed by atoms with Crippen LogP contribution in [0.4, 0.5) is 5.69 Å². The van der Waals surface area contributed by atoms with Gasteiger partial charge in [-0.3, -0.25) is 9.59 Å². The van der Waals surface area contributed by atoms with Gasteiger partial charge < -0.3 is 10.3 Å². The number of aryl methyl sites for hydroxylation is 2. The number of aromatic nitrogens is 1. The normalized spacial score (nSPS) is 10.3. The molecule has 1 aromatic heterocycles. The van der Waals surface area contributed by atoms with Gasteiger partial charge in [0.25, 0.3) is 5.91 Å². The average molecular weight is 277 g/mol. The molecule has 2 N–H and O–H groups in total. The van der Waals surface area contributed by atoms with Crippen LogP contribution in [0.5, 0.6) is 0 Å². The number of H-pyrrole nitrogens is 1. The predicted octanol–water partition coefficient (Wildman–Crippen LogP) is 2.90. The first kappa shape index (κ1) is 13.4. The van der Waals surface area contributed by atoms with E-state index in [1.165, 1.54) is 12.3 Å². The average Bonchev–Trinajstić information content (AvgIpc) is 2.33. The summed E-state index contributed by atoms with van der Waals surface area (Å²) < 4.78 is 0. The van der Waals surface area contributed by atoms with Crippen LogP contribution in [-0.2, 0) is 0 Å². The summed E-state index contributed by atoms with van der Waals surface area (Å²) in [7, 11) is 0. The summed E-state index contributed by atoms with van der Waals surface area (Å²) in [4.78, 5) is 26.6. The fraction of sp³-hybridized carbons (Fsp3) is 0.143. The van der Waals surface area contributed by atoms with Crippen molar-refractivity contribution in [3.8, 4) is 0 Å². The van der Waals surface area contributed by atoms with Crippen LogP contribution in [-0.4, -0.2) is 10.9 Å². The van der Waals surface area contributed by atoms with E-state index in [2.05, 4.69) is 10.3 Å². The zero-order valence-corrected chi connectivity index (χ0v) is 11.3. The van der Waals surface area contributed by atoms with Gasteiger partial charge in [-0.05, 0) is 25.5 Å². The number of rotatable bonds is 2. The third kappa shape index (κ3) is 2.85. The Hall–Kier alpha value is -2.07. The lowest BCUT2D eigenvalue weighted by Gasteiger charge is -2.09. The summed E-state index contributed by atoms with van der Waals surface area (Å²) in [5.74, 6) is -0.475. The SMILES string of the molecule is Cc1cc(=O)c(C(=O)Nc2c(C)cccc2Cl)c[nH]1. The molecule has 0 spiro atoms. The molecule has 0 aliphatic heterocycles. The second-order valence-electron chi connectivity index (χ2n) is 4.28. The molecule has 0 aliphatic carbocycles. The number of hydrogen-bond donors (Lipinski definition) is 2. The number of pyridine rings is 1. The fourth-order valence-electron chi connectivity index (χ4n) is 1.72. The molecule has 0 saturated carbocycles. The molecule has 0 saturated heterocycles. The second kappa shape index (κ2) is 5.28. The second-order valence-corrected chi connectivity index (χ2v) is 4.69. The van der Waals surface area contributed by atoms with Crippen LogP contribution >= 0.6 is 11.6 Å². The first-order valence-electron chi connectivity index (χ1n) is 5.75. The van der Waals surface area contributed by atoms with Gasteiger partial charge in [-0.25, -0.2) is 0 Å². The summed E-state index contributed by atoms with van der Waals surface area (Å²) in [6.07, 6.45) is 1.40. The van der Waals surface area contributed by atoms with Gasteiger partial charge in [0.15, 0.2) is 5.43 Å². The molecule has 2 rings (SSSR count). The van der Waals surface area contributed by atoms with Crippen LogP contribution < -0.4 is 10.7 Å². The lowest BCUT2D eigenvalue weighted by molar-refractivity contribution is 0.102. The molecular formula is C14H13ClN2O2. The summed E-state index contributed by atoms with van der Waals surface area (Å²) in [6, 6.07) is 6.70. The van der Waals surface area contributed by atoms with Gasteiger partial charge in [-0.1, -0.05) is 23.7 Å². The minimum Gasteiger partial charge on any atom is -0.364 e. The maximum Gasteiger partial charge on any atom is 0.261 e. The molecule has 4 nitrogen and oxygen atoms in total. The number of benzene rings is 1. The fourth-order valence-corrected chi connectivity index (χ4v) is 1.99. The van der Waals surface area contributed by atoms with Gasteiger partial charge in [0.05, 0.1) is 10.7 Å². The Kier molecular flexibility index (Phi) is 3.71. The van der Waals surface area contributed by atoms with Crippen LogP contribution in [0.3, 0.4) is 0 Å². The van der Waals surface area contributed by atoms with Gasteiger partial charge in [-0.2, -0.15) is 0 Å². The van der Waals surface area contributed by atoms with E-state index in [4.69, 9.17) is 11.6 Å². The van der Waals surface area contributed by atoms with Crippen molar-refractivity contribution in [1.82, 2.24) is 4.98 Å². The first-order valence-corrected chi connectivity index (χ1v) is 6.12. The lowest BCUT2D eigenvalue weighted by atomic mass is 10.2. The third-order valence-electron chi connectivity index (χ3n) is 2.76. The Morgan fingerprint density at radius 3 is 2.68 bits per heavy atom. The molecule has 1 heterocycles. The Morgan fingerprint density at radius 1 is 1.32 bits per heavy atom.